The quantitative estimate of drug-likeness (QED) is 0.899. The Labute approximate surface area is 112 Å². The molecule has 0 bridgehead atoms. The summed E-state index contributed by atoms with van der Waals surface area (Å²) in [5.41, 5.74) is 6.62. The van der Waals surface area contributed by atoms with E-state index in [1.165, 1.54) is 0 Å². The maximum atomic E-state index is 5.88. The maximum absolute atomic E-state index is 5.88. The molecule has 0 saturated heterocycles. The minimum atomic E-state index is -0.135. The zero-order valence-corrected chi connectivity index (χ0v) is 11.8. The number of rotatable bonds is 4. The maximum Gasteiger partial charge on any atom is 0.226 e. The van der Waals surface area contributed by atoms with Gasteiger partial charge in [0.05, 0.1) is 5.69 Å². The van der Waals surface area contributed by atoms with Gasteiger partial charge in [-0.25, -0.2) is 4.68 Å². The zero-order chi connectivity index (χ0) is 14.0. The van der Waals surface area contributed by atoms with Crippen LogP contribution in [0, 0.1) is 0 Å². The van der Waals surface area contributed by atoms with E-state index < -0.39 is 0 Å². The molecule has 0 saturated carbocycles. The van der Waals surface area contributed by atoms with Gasteiger partial charge in [-0.05, 0) is 6.42 Å². The summed E-state index contributed by atoms with van der Waals surface area (Å²) >= 11 is 0. The number of hydrogen-bond acceptors (Lipinski definition) is 6. The van der Waals surface area contributed by atoms with Gasteiger partial charge in [0.25, 0.3) is 0 Å². The third-order valence-electron chi connectivity index (χ3n) is 2.74. The highest BCUT2D eigenvalue weighted by Gasteiger charge is 2.24. The van der Waals surface area contributed by atoms with Crippen molar-refractivity contribution in [2.45, 2.75) is 52.5 Å². The minimum absolute atomic E-state index is 0.135. The minimum Gasteiger partial charge on any atom is -0.381 e. The summed E-state index contributed by atoms with van der Waals surface area (Å²) in [6, 6.07) is 0. The molecule has 2 aromatic heterocycles. The van der Waals surface area contributed by atoms with E-state index in [4.69, 9.17) is 10.3 Å². The van der Waals surface area contributed by atoms with Gasteiger partial charge in [-0.15, -0.1) is 5.10 Å². The molecule has 2 rings (SSSR count). The molecule has 2 heterocycles. The van der Waals surface area contributed by atoms with Crippen molar-refractivity contribution in [3.8, 4) is 0 Å². The van der Waals surface area contributed by atoms with E-state index in [-0.39, 0.29) is 5.41 Å². The molecule has 0 amide bonds. The SMILES string of the molecule is CCCc1nc(Cn2nnc(N)c2C(C)(C)C)no1. The van der Waals surface area contributed by atoms with E-state index in [2.05, 4.69) is 48.1 Å². The number of aryl methyl sites for hydroxylation is 1. The monoisotopic (exact) mass is 264 g/mol. The molecule has 0 aromatic carbocycles. The first-order chi connectivity index (χ1) is 8.91. The van der Waals surface area contributed by atoms with Gasteiger partial charge in [0.2, 0.25) is 5.89 Å². The summed E-state index contributed by atoms with van der Waals surface area (Å²) in [5.74, 6) is 1.70. The lowest BCUT2D eigenvalue weighted by molar-refractivity contribution is 0.369. The predicted molar refractivity (Wildman–Crippen MR) is 70.5 cm³/mol. The van der Waals surface area contributed by atoms with Crippen molar-refractivity contribution in [3.63, 3.8) is 0 Å². The van der Waals surface area contributed by atoms with Crippen LogP contribution < -0.4 is 5.73 Å². The molecule has 2 aromatic rings. The number of hydrogen-bond donors (Lipinski definition) is 1. The number of aromatic nitrogens is 5. The van der Waals surface area contributed by atoms with Gasteiger partial charge >= 0.3 is 0 Å². The van der Waals surface area contributed by atoms with Crippen molar-refractivity contribution < 1.29 is 4.52 Å². The molecule has 19 heavy (non-hydrogen) atoms. The van der Waals surface area contributed by atoms with E-state index in [9.17, 15) is 0 Å². The Kier molecular flexibility index (Phi) is 3.55. The summed E-state index contributed by atoms with van der Waals surface area (Å²) in [5, 5.41) is 11.9. The molecule has 0 fully saturated rings. The first kappa shape index (κ1) is 13.5. The van der Waals surface area contributed by atoms with Crippen molar-refractivity contribution in [3.05, 3.63) is 17.4 Å². The first-order valence-electron chi connectivity index (χ1n) is 6.42. The standard InChI is InChI=1S/C12H20N6O/c1-5-6-9-14-8(16-19-9)7-18-10(12(2,3)4)11(13)15-17-18/h5-7,13H2,1-4H3. The summed E-state index contributed by atoms with van der Waals surface area (Å²) < 4.78 is 6.89. The van der Waals surface area contributed by atoms with Crippen LogP contribution in [0.15, 0.2) is 4.52 Å². The van der Waals surface area contributed by atoms with E-state index >= 15 is 0 Å². The van der Waals surface area contributed by atoms with Crippen LogP contribution in [-0.4, -0.2) is 25.1 Å². The Bertz CT molecular complexity index is 551. The average molecular weight is 264 g/mol. The Morgan fingerprint density at radius 1 is 1.32 bits per heavy atom. The molecule has 0 atom stereocenters. The van der Waals surface area contributed by atoms with Gasteiger partial charge < -0.3 is 10.3 Å². The lowest BCUT2D eigenvalue weighted by Crippen LogP contribution is -2.20. The number of anilines is 1. The van der Waals surface area contributed by atoms with Gasteiger partial charge in [-0.1, -0.05) is 38.1 Å². The van der Waals surface area contributed by atoms with Gasteiger partial charge in [0.15, 0.2) is 11.6 Å². The van der Waals surface area contributed by atoms with Crippen LogP contribution in [-0.2, 0) is 18.4 Å². The molecule has 0 aliphatic heterocycles. The lowest BCUT2D eigenvalue weighted by Gasteiger charge is -2.19. The van der Waals surface area contributed by atoms with Crippen molar-refractivity contribution in [1.82, 2.24) is 25.1 Å². The number of nitrogens with two attached hydrogens (primary N) is 1. The smallest absolute Gasteiger partial charge is 0.226 e. The summed E-state index contributed by atoms with van der Waals surface area (Å²) in [7, 11) is 0. The molecule has 0 aliphatic carbocycles. The van der Waals surface area contributed by atoms with Crippen molar-refractivity contribution in [2.75, 3.05) is 5.73 Å². The largest absolute Gasteiger partial charge is 0.381 e. The van der Waals surface area contributed by atoms with E-state index in [0.717, 1.165) is 18.5 Å². The molecule has 0 unspecified atom stereocenters. The van der Waals surface area contributed by atoms with Gasteiger partial charge in [0, 0.05) is 11.8 Å². The van der Waals surface area contributed by atoms with Crippen LogP contribution in [0.5, 0.6) is 0 Å². The Balaban J connectivity index is 2.23. The average Bonchev–Trinajstić information content (AvgIpc) is 2.86. The first-order valence-corrected chi connectivity index (χ1v) is 6.42. The molecule has 2 N–H and O–H groups in total. The molecular weight excluding hydrogens is 244 g/mol. The van der Waals surface area contributed by atoms with Crippen LogP contribution in [0.4, 0.5) is 5.82 Å². The third kappa shape index (κ3) is 2.91. The molecular formula is C12H20N6O. The molecule has 0 radical (unpaired) electrons. The van der Waals surface area contributed by atoms with Crippen molar-refractivity contribution >= 4 is 5.82 Å². The van der Waals surface area contributed by atoms with Crippen LogP contribution in [0.25, 0.3) is 0 Å². The molecule has 7 nitrogen and oxygen atoms in total. The highest BCUT2D eigenvalue weighted by Crippen LogP contribution is 2.26. The van der Waals surface area contributed by atoms with Gasteiger partial charge in [-0.2, -0.15) is 4.98 Å². The second-order valence-corrected chi connectivity index (χ2v) is 5.59. The second kappa shape index (κ2) is 4.99. The summed E-state index contributed by atoms with van der Waals surface area (Å²) in [6.07, 6.45) is 1.77. The molecule has 104 valence electrons. The zero-order valence-electron chi connectivity index (χ0n) is 11.8. The normalized spacial score (nSPS) is 12.0. The van der Waals surface area contributed by atoms with Crippen molar-refractivity contribution in [1.29, 1.82) is 0 Å². The van der Waals surface area contributed by atoms with E-state index in [0.29, 0.717) is 24.1 Å². The fourth-order valence-corrected chi connectivity index (χ4v) is 2.01. The van der Waals surface area contributed by atoms with Crippen LogP contribution in [0.1, 0.15) is 51.5 Å². The Hall–Kier alpha value is -1.92. The molecule has 0 aliphatic rings. The number of nitrogen functional groups attached to an aromatic ring is 1. The fourth-order valence-electron chi connectivity index (χ4n) is 2.01. The fraction of sp³-hybridized carbons (Fsp3) is 0.667. The predicted octanol–water partition coefficient (Wildman–Crippen LogP) is 1.54. The highest BCUT2D eigenvalue weighted by molar-refractivity contribution is 5.38. The Morgan fingerprint density at radius 2 is 2.05 bits per heavy atom. The highest BCUT2D eigenvalue weighted by atomic mass is 16.5. The third-order valence-corrected chi connectivity index (χ3v) is 2.74. The summed E-state index contributed by atoms with van der Waals surface area (Å²) in [6.45, 7) is 8.69. The molecule has 0 spiro atoms. The van der Waals surface area contributed by atoms with E-state index in [1.54, 1.807) is 4.68 Å². The van der Waals surface area contributed by atoms with Crippen molar-refractivity contribution in [2.24, 2.45) is 0 Å². The van der Waals surface area contributed by atoms with Crippen LogP contribution >= 0.6 is 0 Å². The second-order valence-electron chi connectivity index (χ2n) is 5.59. The van der Waals surface area contributed by atoms with E-state index in [1.807, 2.05) is 0 Å². The lowest BCUT2D eigenvalue weighted by atomic mass is 9.92. The summed E-state index contributed by atoms with van der Waals surface area (Å²) in [4.78, 5) is 4.32. The van der Waals surface area contributed by atoms with Crippen LogP contribution in [0.3, 0.4) is 0 Å². The van der Waals surface area contributed by atoms with Crippen LogP contribution in [0.2, 0.25) is 0 Å². The van der Waals surface area contributed by atoms with Gasteiger partial charge in [0.1, 0.15) is 6.54 Å². The topological polar surface area (TPSA) is 95.7 Å². The molecule has 7 heteroatoms. The Morgan fingerprint density at radius 3 is 2.68 bits per heavy atom. The number of nitrogens with zero attached hydrogens (tertiary/aromatic N) is 5. The van der Waals surface area contributed by atoms with Gasteiger partial charge in [-0.3, -0.25) is 0 Å².